The number of carbonyl (C=O) groups is 1. The van der Waals surface area contributed by atoms with Crippen LogP contribution >= 0.6 is 11.6 Å². The number of rotatable bonds is 6. The van der Waals surface area contributed by atoms with E-state index >= 15 is 0 Å². The van der Waals surface area contributed by atoms with E-state index in [2.05, 4.69) is 15.3 Å². The maximum absolute atomic E-state index is 11.0. The molecule has 0 bridgehead atoms. The Morgan fingerprint density at radius 2 is 2.00 bits per heavy atom. The van der Waals surface area contributed by atoms with Crippen molar-refractivity contribution < 1.29 is 14.6 Å². The van der Waals surface area contributed by atoms with Gasteiger partial charge in [0.25, 0.3) is 0 Å². The topological polar surface area (TPSA) is 84.3 Å². The minimum absolute atomic E-state index is 0.372. The molecule has 2 N–H and O–H groups in total. The van der Waals surface area contributed by atoms with Gasteiger partial charge in [0.15, 0.2) is 5.60 Å². The molecule has 0 aliphatic carbocycles. The third-order valence-electron chi connectivity index (χ3n) is 2.92. The summed E-state index contributed by atoms with van der Waals surface area (Å²) >= 11 is 5.78. The highest BCUT2D eigenvalue weighted by Crippen LogP contribution is 2.19. The summed E-state index contributed by atoms with van der Waals surface area (Å²) in [5.41, 5.74) is -0.271. The monoisotopic (exact) mass is 321 g/mol. The van der Waals surface area contributed by atoms with E-state index in [0.717, 1.165) is 5.56 Å². The first-order valence-electron chi connectivity index (χ1n) is 6.59. The minimum atomic E-state index is -1.27. The maximum atomic E-state index is 11.0. The van der Waals surface area contributed by atoms with Crippen molar-refractivity contribution in [2.24, 2.45) is 0 Å². The molecule has 2 rings (SSSR count). The van der Waals surface area contributed by atoms with Crippen LogP contribution in [0.15, 0.2) is 36.7 Å². The Hall–Kier alpha value is -2.34. The van der Waals surface area contributed by atoms with Crippen molar-refractivity contribution in [3.05, 3.63) is 47.4 Å². The lowest BCUT2D eigenvalue weighted by molar-refractivity contribution is -0.152. The summed E-state index contributed by atoms with van der Waals surface area (Å²) in [6.45, 7) is 3.56. The van der Waals surface area contributed by atoms with Crippen molar-refractivity contribution in [3.8, 4) is 5.75 Å². The van der Waals surface area contributed by atoms with Gasteiger partial charge in [-0.2, -0.15) is 0 Å². The fraction of sp³-hybridized carbons (Fsp3) is 0.267. The first-order chi connectivity index (χ1) is 10.4. The summed E-state index contributed by atoms with van der Waals surface area (Å²) in [4.78, 5) is 18.9. The molecule has 0 saturated heterocycles. The Morgan fingerprint density at radius 3 is 2.59 bits per heavy atom. The van der Waals surface area contributed by atoms with E-state index in [4.69, 9.17) is 21.4 Å². The Labute approximate surface area is 133 Å². The van der Waals surface area contributed by atoms with Crippen molar-refractivity contribution in [1.82, 2.24) is 9.97 Å². The first kappa shape index (κ1) is 16.0. The number of benzene rings is 1. The lowest BCUT2D eigenvalue weighted by Crippen LogP contribution is -2.37. The van der Waals surface area contributed by atoms with Crippen molar-refractivity contribution in [1.29, 1.82) is 0 Å². The Kier molecular flexibility index (Phi) is 4.82. The number of nitrogens with one attached hydrogen (secondary N) is 1. The summed E-state index contributed by atoms with van der Waals surface area (Å²) in [5.74, 6) is 0.118. The van der Waals surface area contributed by atoms with E-state index in [-0.39, 0.29) is 0 Å². The predicted molar refractivity (Wildman–Crippen MR) is 83.2 cm³/mol. The van der Waals surface area contributed by atoms with Crippen LogP contribution < -0.4 is 10.1 Å². The molecule has 0 fully saturated rings. The minimum Gasteiger partial charge on any atom is -0.478 e. The second kappa shape index (κ2) is 6.62. The zero-order valence-electron chi connectivity index (χ0n) is 12.2. The molecular formula is C15H16ClN3O3. The van der Waals surface area contributed by atoms with Gasteiger partial charge in [0.1, 0.15) is 23.0 Å². The van der Waals surface area contributed by atoms with Gasteiger partial charge in [0.2, 0.25) is 0 Å². The number of ether oxygens (including phenoxy) is 1. The number of aromatic nitrogens is 2. The molecule has 0 radical (unpaired) electrons. The van der Waals surface area contributed by atoms with Crippen molar-refractivity contribution in [3.63, 3.8) is 0 Å². The number of carboxylic acid groups (broad SMARTS) is 1. The van der Waals surface area contributed by atoms with E-state index in [0.29, 0.717) is 23.3 Å². The lowest BCUT2D eigenvalue weighted by Gasteiger charge is -2.21. The molecular weight excluding hydrogens is 306 g/mol. The average Bonchev–Trinajstić information content (AvgIpc) is 2.46. The maximum Gasteiger partial charge on any atom is 0.347 e. The molecule has 0 saturated carbocycles. The van der Waals surface area contributed by atoms with Gasteiger partial charge in [-0.1, -0.05) is 23.7 Å². The lowest BCUT2D eigenvalue weighted by atomic mass is 10.1. The third-order valence-corrected chi connectivity index (χ3v) is 3.13. The second-order valence-corrected chi connectivity index (χ2v) is 5.53. The van der Waals surface area contributed by atoms with Gasteiger partial charge in [0, 0.05) is 12.6 Å². The average molecular weight is 322 g/mol. The van der Waals surface area contributed by atoms with Gasteiger partial charge in [0.05, 0.1) is 0 Å². The third kappa shape index (κ3) is 4.33. The molecule has 1 aromatic carbocycles. The molecule has 0 amide bonds. The van der Waals surface area contributed by atoms with Crippen LogP contribution in [0.1, 0.15) is 19.4 Å². The molecule has 0 unspecified atom stereocenters. The van der Waals surface area contributed by atoms with Crippen molar-refractivity contribution in [2.45, 2.75) is 26.0 Å². The number of hydrogen-bond donors (Lipinski definition) is 2. The fourth-order valence-electron chi connectivity index (χ4n) is 1.64. The van der Waals surface area contributed by atoms with E-state index < -0.39 is 11.6 Å². The number of aliphatic carboxylic acids is 1. The number of anilines is 1. The fourth-order valence-corrected chi connectivity index (χ4v) is 1.78. The van der Waals surface area contributed by atoms with Gasteiger partial charge < -0.3 is 15.2 Å². The molecule has 0 aliphatic rings. The summed E-state index contributed by atoms with van der Waals surface area (Å²) in [6.07, 6.45) is 1.38. The smallest absolute Gasteiger partial charge is 0.347 e. The largest absolute Gasteiger partial charge is 0.478 e. The molecule has 6 nitrogen and oxygen atoms in total. The second-order valence-electron chi connectivity index (χ2n) is 5.14. The van der Waals surface area contributed by atoms with Crippen LogP contribution in [0.3, 0.4) is 0 Å². The highest BCUT2D eigenvalue weighted by molar-refractivity contribution is 6.29. The van der Waals surface area contributed by atoms with Crippen molar-refractivity contribution >= 4 is 23.4 Å². The Morgan fingerprint density at radius 1 is 1.32 bits per heavy atom. The van der Waals surface area contributed by atoms with Crippen LogP contribution in [0.25, 0.3) is 0 Å². The van der Waals surface area contributed by atoms with Gasteiger partial charge in [-0.25, -0.2) is 14.8 Å². The molecule has 0 aliphatic heterocycles. The molecule has 2 aromatic rings. The van der Waals surface area contributed by atoms with Gasteiger partial charge in [-0.05, 0) is 31.5 Å². The van der Waals surface area contributed by atoms with Crippen LogP contribution in [0, 0.1) is 0 Å². The number of carboxylic acids is 1. The molecule has 22 heavy (non-hydrogen) atoms. The van der Waals surface area contributed by atoms with E-state index in [1.807, 2.05) is 12.1 Å². The predicted octanol–water partition coefficient (Wildman–Crippen LogP) is 2.98. The normalized spacial score (nSPS) is 11.0. The summed E-state index contributed by atoms with van der Waals surface area (Å²) in [5, 5.41) is 12.5. The van der Waals surface area contributed by atoms with Gasteiger partial charge in [-0.3, -0.25) is 0 Å². The summed E-state index contributed by atoms with van der Waals surface area (Å²) < 4.78 is 5.44. The molecule has 1 heterocycles. The standard InChI is InChI=1S/C15H16ClN3O3/c1-15(2,14(20)21)22-11-5-3-10(4-6-11)8-17-13-7-12(16)18-9-19-13/h3-7,9H,8H2,1-2H3,(H,20,21)(H,17,18,19). The zero-order chi connectivity index (χ0) is 16.2. The van der Waals surface area contributed by atoms with Crippen LogP contribution in [0.4, 0.5) is 5.82 Å². The zero-order valence-corrected chi connectivity index (χ0v) is 13.0. The van der Waals surface area contributed by atoms with Gasteiger partial charge >= 0.3 is 5.97 Å². The SMILES string of the molecule is CC(C)(Oc1ccc(CNc2cc(Cl)ncn2)cc1)C(=O)O. The number of hydrogen-bond acceptors (Lipinski definition) is 5. The van der Waals surface area contributed by atoms with Crippen LogP contribution in [0.2, 0.25) is 5.15 Å². The van der Waals surface area contributed by atoms with Gasteiger partial charge in [-0.15, -0.1) is 0 Å². The molecule has 1 aromatic heterocycles. The van der Waals surface area contributed by atoms with Crippen LogP contribution in [-0.4, -0.2) is 26.6 Å². The molecule has 0 atom stereocenters. The summed E-state index contributed by atoms with van der Waals surface area (Å²) in [7, 11) is 0. The number of halogens is 1. The van der Waals surface area contributed by atoms with Crippen molar-refractivity contribution in [2.75, 3.05) is 5.32 Å². The quantitative estimate of drug-likeness (QED) is 0.796. The van der Waals surface area contributed by atoms with E-state index in [1.165, 1.54) is 20.2 Å². The highest BCUT2D eigenvalue weighted by atomic mass is 35.5. The Bertz CT molecular complexity index is 659. The first-order valence-corrected chi connectivity index (χ1v) is 6.97. The number of nitrogens with zero attached hydrogens (tertiary/aromatic N) is 2. The summed E-state index contributed by atoms with van der Waals surface area (Å²) in [6, 6.07) is 8.80. The van der Waals surface area contributed by atoms with Crippen LogP contribution in [-0.2, 0) is 11.3 Å². The van der Waals surface area contributed by atoms with E-state index in [1.54, 1.807) is 18.2 Å². The van der Waals surface area contributed by atoms with E-state index in [9.17, 15) is 4.79 Å². The van der Waals surface area contributed by atoms with Crippen LogP contribution in [0.5, 0.6) is 5.75 Å². The highest BCUT2D eigenvalue weighted by Gasteiger charge is 2.29. The molecule has 0 spiro atoms. The Balaban J connectivity index is 1.96. The molecule has 116 valence electrons. The molecule has 7 heteroatoms.